The molecule has 0 saturated heterocycles. The Morgan fingerprint density at radius 3 is 2.09 bits per heavy atom. The first-order valence-electron chi connectivity index (χ1n) is 14.0. The number of hydrogen-bond donors (Lipinski definition) is 4. The van der Waals surface area contributed by atoms with E-state index >= 15 is 0 Å². The third kappa shape index (κ3) is 9.67. The van der Waals surface area contributed by atoms with Crippen molar-refractivity contribution in [2.24, 2.45) is 5.73 Å². The Kier molecular flexibility index (Phi) is 11.6. The molecule has 0 spiro atoms. The van der Waals surface area contributed by atoms with Gasteiger partial charge in [-0.2, -0.15) is 5.26 Å². The fourth-order valence-corrected chi connectivity index (χ4v) is 4.01. The van der Waals surface area contributed by atoms with Gasteiger partial charge in [0.2, 0.25) is 5.95 Å². The lowest BCUT2D eigenvalue weighted by Gasteiger charge is -2.12. The summed E-state index contributed by atoms with van der Waals surface area (Å²) in [6.07, 6.45) is 2.65. The average molecular weight is 602 g/mol. The van der Waals surface area contributed by atoms with Crippen LogP contribution in [0.15, 0.2) is 109 Å². The second-order valence-electron chi connectivity index (χ2n) is 9.52. The first kappa shape index (κ1) is 31.7. The van der Waals surface area contributed by atoms with E-state index in [1.165, 1.54) is 30.1 Å². The van der Waals surface area contributed by atoms with E-state index in [0.717, 1.165) is 5.56 Å². The van der Waals surface area contributed by atoms with E-state index in [1.54, 1.807) is 24.3 Å². The van der Waals surface area contributed by atoms with Crippen LogP contribution in [-0.4, -0.2) is 38.9 Å². The van der Waals surface area contributed by atoms with E-state index in [9.17, 15) is 14.9 Å². The van der Waals surface area contributed by atoms with Crippen LogP contribution in [0.4, 0.5) is 17.5 Å². The van der Waals surface area contributed by atoms with Crippen LogP contribution in [-0.2, 0) is 13.1 Å². The molecule has 0 unspecified atom stereocenters. The quantitative estimate of drug-likeness (QED) is 0.0920. The normalized spacial score (nSPS) is 10.0. The molecular formula is C33H31N9O3. The summed E-state index contributed by atoms with van der Waals surface area (Å²) in [7, 11) is 0. The minimum absolute atomic E-state index is 0.0831. The lowest BCUT2D eigenvalue weighted by atomic mass is 10.0. The standard InChI is InChI=1S/C26H22N8O3.C7H9N/c27-14-18-6-8-20(9-7-18)24-22(25(35)31-15-19-4-2-1-3-5-19)17-32-26(33-24)29-13-12-28-23-11-10-21(16-30-23)34(36)37;8-6-7-4-2-1-3-5-7/h1-11,16-17H,12-13,15H2,(H,28,30)(H,31,35)(H,29,32,33);1-5H,6,8H2. The van der Waals surface area contributed by atoms with E-state index in [0.29, 0.717) is 60.3 Å². The molecule has 0 aliphatic rings. The van der Waals surface area contributed by atoms with Crippen LogP contribution in [0, 0.1) is 21.4 Å². The molecule has 5 aromatic rings. The number of nitrogens with two attached hydrogens (primary N) is 1. The van der Waals surface area contributed by atoms with Gasteiger partial charge in [0, 0.05) is 44.0 Å². The molecule has 226 valence electrons. The number of nitro groups is 1. The number of nitrogens with zero attached hydrogens (tertiary/aromatic N) is 5. The number of nitrogens with one attached hydrogen (secondary N) is 3. The molecular weight excluding hydrogens is 570 g/mol. The zero-order valence-electron chi connectivity index (χ0n) is 24.3. The smallest absolute Gasteiger partial charge is 0.287 e. The summed E-state index contributed by atoms with van der Waals surface area (Å²) in [5.74, 6) is 0.495. The molecule has 12 nitrogen and oxygen atoms in total. The third-order valence-electron chi connectivity index (χ3n) is 6.37. The molecule has 0 radical (unpaired) electrons. The molecule has 0 atom stereocenters. The lowest BCUT2D eigenvalue weighted by molar-refractivity contribution is -0.385. The second-order valence-corrected chi connectivity index (χ2v) is 9.52. The van der Waals surface area contributed by atoms with E-state index in [1.807, 2.05) is 60.7 Å². The lowest BCUT2D eigenvalue weighted by Crippen LogP contribution is -2.24. The summed E-state index contributed by atoms with van der Waals surface area (Å²) in [6, 6.07) is 31.3. The van der Waals surface area contributed by atoms with Gasteiger partial charge < -0.3 is 21.7 Å². The highest BCUT2D eigenvalue weighted by molar-refractivity contribution is 5.99. The number of pyridine rings is 1. The molecule has 45 heavy (non-hydrogen) atoms. The Balaban J connectivity index is 0.000000501. The van der Waals surface area contributed by atoms with Gasteiger partial charge in [-0.3, -0.25) is 14.9 Å². The maximum absolute atomic E-state index is 13.0. The van der Waals surface area contributed by atoms with Gasteiger partial charge in [-0.25, -0.2) is 15.0 Å². The first-order valence-corrected chi connectivity index (χ1v) is 14.0. The zero-order chi connectivity index (χ0) is 31.9. The highest BCUT2D eigenvalue weighted by Crippen LogP contribution is 2.23. The van der Waals surface area contributed by atoms with Gasteiger partial charge in [0.1, 0.15) is 12.0 Å². The number of nitriles is 1. The number of anilines is 2. The number of carbonyl (C=O) groups excluding carboxylic acids is 1. The number of carbonyl (C=O) groups is 1. The molecule has 5 N–H and O–H groups in total. The van der Waals surface area contributed by atoms with Crippen molar-refractivity contribution >= 4 is 23.4 Å². The van der Waals surface area contributed by atoms with Crippen LogP contribution in [0.2, 0.25) is 0 Å². The van der Waals surface area contributed by atoms with E-state index in [4.69, 9.17) is 11.0 Å². The van der Waals surface area contributed by atoms with Crippen LogP contribution in [0.5, 0.6) is 0 Å². The molecule has 0 saturated carbocycles. The van der Waals surface area contributed by atoms with Crippen LogP contribution in [0.3, 0.4) is 0 Å². The maximum Gasteiger partial charge on any atom is 0.287 e. The van der Waals surface area contributed by atoms with Crippen LogP contribution < -0.4 is 21.7 Å². The van der Waals surface area contributed by atoms with E-state index in [-0.39, 0.29) is 11.6 Å². The highest BCUT2D eigenvalue weighted by Gasteiger charge is 2.17. The summed E-state index contributed by atoms with van der Waals surface area (Å²) in [4.78, 5) is 36.1. The largest absolute Gasteiger partial charge is 0.368 e. The summed E-state index contributed by atoms with van der Waals surface area (Å²) >= 11 is 0. The molecule has 0 aliphatic heterocycles. The SMILES string of the molecule is N#Cc1ccc(-c2nc(NCCNc3ccc([N+](=O)[O-])cn3)ncc2C(=O)NCc2ccccc2)cc1.NCc1ccccc1. The van der Waals surface area contributed by atoms with Gasteiger partial charge in [0.05, 0.1) is 27.8 Å². The van der Waals surface area contributed by atoms with E-state index in [2.05, 4.69) is 37.0 Å². The third-order valence-corrected chi connectivity index (χ3v) is 6.37. The fourth-order valence-electron chi connectivity index (χ4n) is 4.01. The van der Waals surface area contributed by atoms with Gasteiger partial charge >= 0.3 is 0 Å². The minimum Gasteiger partial charge on any atom is -0.368 e. The van der Waals surface area contributed by atoms with Gasteiger partial charge in [-0.05, 0) is 29.3 Å². The first-order chi connectivity index (χ1) is 22.0. The molecule has 12 heteroatoms. The predicted octanol–water partition coefficient (Wildman–Crippen LogP) is 4.92. The van der Waals surface area contributed by atoms with Crippen molar-refractivity contribution in [3.05, 3.63) is 142 Å². The Morgan fingerprint density at radius 2 is 1.51 bits per heavy atom. The van der Waals surface area contributed by atoms with Crippen molar-refractivity contribution in [3.8, 4) is 17.3 Å². The second kappa shape index (κ2) is 16.4. The predicted molar refractivity (Wildman–Crippen MR) is 172 cm³/mol. The monoisotopic (exact) mass is 601 g/mol. The number of aromatic nitrogens is 3. The van der Waals surface area contributed by atoms with Gasteiger partial charge in [-0.15, -0.1) is 0 Å². The number of hydrogen-bond acceptors (Lipinski definition) is 10. The summed E-state index contributed by atoms with van der Waals surface area (Å²) in [5.41, 5.74) is 9.32. The maximum atomic E-state index is 13.0. The molecule has 0 fully saturated rings. The van der Waals surface area contributed by atoms with Crippen molar-refractivity contribution in [1.29, 1.82) is 5.26 Å². The Morgan fingerprint density at radius 1 is 0.844 bits per heavy atom. The average Bonchev–Trinajstić information content (AvgIpc) is 3.10. The molecule has 1 amide bonds. The van der Waals surface area contributed by atoms with Gasteiger partial charge in [0.15, 0.2) is 0 Å². The summed E-state index contributed by atoms with van der Waals surface area (Å²) in [6.45, 7) is 1.86. The number of rotatable bonds is 11. The van der Waals surface area contributed by atoms with Crippen molar-refractivity contribution < 1.29 is 9.72 Å². The summed E-state index contributed by atoms with van der Waals surface area (Å²) < 4.78 is 0. The molecule has 3 aromatic carbocycles. The fraction of sp³-hybridized carbons (Fsp3) is 0.121. The molecule has 0 bridgehead atoms. The minimum atomic E-state index is -0.507. The van der Waals surface area contributed by atoms with Crippen molar-refractivity contribution in [2.45, 2.75) is 13.1 Å². The van der Waals surface area contributed by atoms with Gasteiger partial charge in [0.25, 0.3) is 11.6 Å². The Hall–Kier alpha value is -6.19. The van der Waals surface area contributed by atoms with E-state index < -0.39 is 4.92 Å². The van der Waals surface area contributed by atoms with Crippen molar-refractivity contribution in [2.75, 3.05) is 23.7 Å². The van der Waals surface area contributed by atoms with Crippen molar-refractivity contribution in [1.82, 2.24) is 20.3 Å². The zero-order valence-corrected chi connectivity index (χ0v) is 24.3. The van der Waals surface area contributed by atoms with Crippen LogP contribution in [0.1, 0.15) is 27.0 Å². The Bertz CT molecular complexity index is 1730. The highest BCUT2D eigenvalue weighted by atomic mass is 16.6. The van der Waals surface area contributed by atoms with Crippen molar-refractivity contribution in [3.63, 3.8) is 0 Å². The number of amides is 1. The molecule has 2 aromatic heterocycles. The molecule has 0 aliphatic carbocycles. The number of benzene rings is 3. The Labute approximate surface area is 260 Å². The summed E-state index contributed by atoms with van der Waals surface area (Å²) in [5, 5.41) is 28.9. The van der Waals surface area contributed by atoms with Crippen LogP contribution in [0.25, 0.3) is 11.3 Å². The molecule has 2 heterocycles. The topological polar surface area (TPSA) is 185 Å². The van der Waals surface area contributed by atoms with Crippen LogP contribution >= 0.6 is 0 Å². The van der Waals surface area contributed by atoms with Gasteiger partial charge in [-0.1, -0.05) is 72.8 Å². The molecule has 5 rings (SSSR count).